The second-order valence-electron chi connectivity index (χ2n) is 7.18. The first kappa shape index (κ1) is 24.3. The lowest BCUT2D eigenvalue weighted by Crippen LogP contribution is -2.20. The quantitative estimate of drug-likeness (QED) is 0.198. The summed E-state index contributed by atoms with van der Waals surface area (Å²) in [6.07, 6.45) is 1.54. The van der Waals surface area contributed by atoms with Gasteiger partial charge >= 0.3 is 0 Å². The Labute approximate surface area is 211 Å². The van der Waals surface area contributed by atoms with Crippen molar-refractivity contribution >= 4 is 35.5 Å². The van der Waals surface area contributed by atoms with Crippen LogP contribution >= 0.6 is 23.4 Å². The number of nitrogens with zero attached hydrogens (tertiary/aromatic N) is 4. The van der Waals surface area contributed by atoms with E-state index in [4.69, 9.17) is 21.1 Å². The Balaban J connectivity index is 1.54. The molecule has 1 aromatic heterocycles. The van der Waals surface area contributed by atoms with E-state index in [1.165, 1.54) is 18.0 Å². The zero-order valence-electron chi connectivity index (χ0n) is 19.0. The van der Waals surface area contributed by atoms with Crippen LogP contribution in [0.25, 0.3) is 17.1 Å². The van der Waals surface area contributed by atoms with Crippen LogP contribution in [0.2, 0.25) is 5.02 Å². The minimum atomic E-state index is -0.274. The zero-order valence-corrected chi connectivity index (χ0v) is 20.6. The van der Waals surface area contributed by atoms with E-state index in [9.17, 15) is 4.79 Å². The van der Waals surface area contributed by atoms with E-state index in [0.717, 1.165) is 16.8 Å². The van der Waals surface area contributed by atoms with Gasteiger partial charge in [0, 0.05) is 16.3 Å². The number of carbonyl (C=O) groups excluding carboxylic acids is 1. The first-order valence-corrected chi connectivity index (χ1v) is 11.9. The van der Waals surface area contributed by atoms with Crippen molar-refractivity contribution in [3.8, 4) is 28.6 Å². The Kier molecular flexibility index (Phi) is 8.02. The smallest absolute Gasteiger partial charge is 0.250 e. The first-order valence-electron chi connectivity index (χ1n) is 10.5. The molecule has 10 heteroatoms. The Bertz CT molecular complexity index is 1340. The number of carbonyl (C=O) groups is 1. The van der Waals surface area contributed by atoms with Crippen LogP contribution in [0.1, 0.15) is 5.56 Å². The summed E-state index contributed by atoms with van der Waals surface area (Å²) < 4.78 is 12.7. The molecule has 0 radical (unpaired) electrons. The fraction of sp³-hybridized carbons (Fsp3) is 0.120. The van der Waals surface area contributed by atoms with Gasteiger partial charge in [-0.1, -0.05) is 53.7 Å². The number of thioether (sulfide) groups is 1. The number of nitrogens with one attached hydrogen (secondary N) is 1. The minimum Gasteiger partial charge on any atom is -0.493 e. The van der Waals surface area contributed by atoms with Crippen LogP contribution in [0.5, 0.6) is 11.5 Å². The van der Waals surface area contributed by atoms with Crippen LogP contribution in [-0.4, -0.2) is 46.9 Å². The standard InChI is InChI=1S/C25H22ClN5O3S/c1-33-21-12-11-18(14-22(21)34-2)24-29-30-25(31(24)20-9-4-3-5-10-20)35-16-23(32)28-27-15-17-7-6-8-19(26)13-17/h3-15H,16H2,1-2H3,(H,28,32). The number of aromatic nitrogens is 3. The predicted molar refractivity (Wildman–Crippen MR) is 138 cm³/mol. The Morgan fingerprint density at radius 2 is 1.83 bits per heavy atom. The first-order chi connectivity index (χ1) is 17.1. The van der Waals surface area contributed by atoms with Crippen molar-refractivity contribution in [2.75, 3.05) is 20.0 Å². The van der Waals surface area contributed by atoms with Crippen molar-refractivity contribution in [1.29, 1.82) is 0 Å². The van der Waals surface area contributed by atoms with E-state index in [1.54, 1.807) is 26.4 Å². The molecule has 0 saturated carbocycles. The maximum atomic E-state index is 12.4. The molecule has 4 aromatic rings. The van der Waals surface area contributed by atoms with E-state index in [-0.39, 0.29) is 11.7 Å². The van der Waals surface area contributed by atoms with Gasteiger partial charge in [0.25, 0.3) is 5.91 Å². The maximum absolute atomic E-state index is 12.4. The molecule has 1 amide bonds. The van der Waals surface area contributed by atoms with Gasteiger partial charge in [-0.3, -0.25) is 9.36 Å². The molecule has 0 aliphatic carbocycles. The number of halogens is 1. The number of rotatable bonds is 9. The summed E-state index contributed by atoms with van der Waals surface area (Å²) in [4.78, 5) is 12.4. The Hall–Kier alpha value is -3.82. The molecule has 8 nitrogen and oxygen atoms in total. The van der Waals surface area contributed by atoms with Gasteiger partial charge in [-0.05, 0) is 48.0 Å². The van der Waals surface area contributed by atoms with Gasteiger partial charge in [0.2, 0.25) is 0 Å². The highest BCUT2D eigenvalue weighted by atomic mass is 35.5. The molecular formula is C25H22ClN5O3S. The number of ether oxygens (including phenoxy) is 2. The summed E-state index contributed by atoms with van der Waals surface area (Å²) in [5.74, 6) is 1.64. The number of hydrogen-bond donors (Lipinski definition) is 1. The third kappa shape index (κ3) is 6.00. The summed E-state index contributed by atoms with van der Waals surface area (Å²) in [7, 11) is 3.17. The molecule has 1 N–H and O–H groups in total. The molecule has 35 heavy (non-hydrogen) atoms. The summed E-state index contributed by atoms with van der Waals surface area (Å²) in [5.41, 5.74) is 4.97. The monoisotopic (exact) mass is 507 g/mol. The van der Waals surface area contributed by atoms with Crippen molar-refractivity contribution in [1.82, 2.24) is 20.2 Å². The summed E-state index contributed by atoms with van der Waals surface area (Å²) >= 11 is 7.22. The molecule has 1 heterocycles. The lowest BCUT2D eigenvalue weighted by molar-refractivity contribution is -0.118. The number of para-hydroxylation sites is 1. The maximum Gasteiger partial charge on any atom is 0.250 e. The van der Waals surface area contributed by atoms with Gasteiger partial charge in [0.1, 0.15) is 0 Å². The van der Waals surface area contributed by atoms with Crippen LogP contribution in [0.4, 0.5) is 0 Å². The van der Waals surface area contributed by atoms with Gasteiger partial charge in [-0.15, -0.1) is 10.2 Å². The van der Waals surface area contributed by atoms with Gasteiger partial charge in [-0.25, -0.2) is 5.43 Å². The largest absolute Gasteiger partial charge is 0.493 e. The Morgan fingerprint density at radius 1 is 1.03 bits per heavy atom. The molecule has 0 saturated heterocycles. The minimum absolute atomic E-state index is 0.101. The van der Waals surface area contributed by atoms with E-state index < -0.39 is 0 Å². The fourth-order valence-electron chi connectivity index (χ4n) is 3.26. The van der Waals surface area contributed by atoms with Crippen molar-refractivity contribution < 1.29 is 14.3 Å². The molecule has 0 bridgehead atoms. The van der Waals surface area contributed by atoms with Crippen molar-refractivity contribution in [2.24, 2.45) is 5.10 Å². The van der Waals surface area contributed by atoms with Crippen molar-refractivity contribution in [3.05, 3.63) is 83.4 Å². The second-order valence-corrected chi connectivity index (χ2v) is 8.56. The number of hydrazone groups is 1. The fourth-order valence-corrected chi connectivity index (χ4v) is 4.21. The SMILES string of the molecule is COc1ccc(-c2nnc(SCC(=O)NN=Cc3cccc(Cl)c3)n2-c2ccccc2)cc1OC. The Morgan fingerprint density at radius 3 is 2.57 bits per heavy atom. The highest BCUT2D eigenvalue weighted by molar-refractivity contribution is 7.99. The lowest BCUT2D eigenvalue weighted by atomic mass is 10.2. The van der Waals surface area contributed by atoms with Gasteiger partial charge in [-0.2, -0.15) is 5.10 Å². The molecular weight excluding hydrogens is 486 g/mol. The van der Waals surface area contributed by atoms with Gasteiger partial charge in [0.15, 0.2) is 22.5 Å². The van der Waals surface area contributed by atoms with Crippen LogP contribution in [0.3, 0.4) is 0 Å². The van der Waals surface area contributed by atoms with E-state index >= 15 is 0 Å². The molecule has 4 rings (SSSR count). The molecule has 178 valence electrons. The molecule has 0 unspecified atom stereocenters. The highest BCUT2D eigenvalue weighted by Crippen LogP contribution is 2.34. The number of hydrogen-bond acceptors (Lipinski definition) is 7. The van der Waals surface area contributed by atoms with Crippen LogP contribution in [0.15, 0.2) is 83.1 Å². The van der Waals surface area contributed by atoms with Crippen molar-refractivity contribution in [3.63, 3.8) is 0 Å². The number of amides is 1. The molecule has 3 aromatic carbocycles. The van der Waals surface area contributed by atoms with Gasteiger partial charge < -0.3 is 9.47 Å². The topological polar surface area (TPSA) is 90.6 Å². The lowest BCUT2D eigenvalue weighted by Gasteiger charge is -2.12. The highest BCUT2D eigenvalue weighted by Gasteiger charge is 2.18. The van der Waals surface area contributed by atoms with E-state index in [2.05, 4.69) is 20.7 Å². The average Bonchev–Trinajstić information content (AvgIpc) is 3.31. The third-order valence-corrected chi connectivity index (χ3v) is 6.04. The summed E-state index contributed by atoms with van der Waals surface area (Å²) in [5, 5.41) is 13.9. The average molecular weight is 508 g/mol. The number of methoxy groups -OCH3 is 2. The van der Waals surface area contributed by atoms with E-state index in [1.807, 2.05) is 65.2 Å². The number of benzene rings is 3. The van der Waals surface area contributed by atoms with Crippen LogP contribution in [-0.2, 0) is 4.79 Å². The van der Waals surface area contributed by atoms with Crippen LogP contribution in [0, 0.1) is 0 Å². The van der Waals surface area contributed by atoms with Crippen molar-refractivity contribution in [2.45, 2.75) is 5.16 Å². The third-order valence-electron chi connectivity index (χ3n) is 4.87. The van der Waals surface area contributed by atoms with Gasteiger partial charge in [0.05, 0.1) is 26.2 Å². The normalized spacial score (nSPS) is 10.9. The zero-order chi connectivity index (χ0) is 24.6. The molecule has 0 aliphatic rings. The molecule has 0 fully saturated rings. The van der Waals surface area contributed by atoms with E-state index in [0.29, 0.717) is 27.5 Å². The second kappa shape index (κ2) is 11.5. The summed E-state index contributed by atoms with van der Waals surface area (Å²) in [6, 6.07) is 22.4. The molecule has 0 atom stereocenters. The molecule has 0 spiro atoms. The summed E-state index contributed by atoms with van der Waals surface area (Å²) in [6.45, 7) is 0. The van der Waals surface area contributed by atoms with Crippen LogP contribution < -0.4 is 14.9 Å². The molecule has 0 aliphatic heterocycles. The predicted octanol–water partition coefficient (Wildman–Crippen LogP) is 4.85.